The minimum Gasteiger partial charge on any atom is -0.399 e. The molecule has 0 radical (unpaired) electrons. The van der Waals surface area contributed by atoms with Crippen molar-refractivity contribution in [2.75, 3.05) is 5.73 Å². The van der Waals surface area contributed by atoms with Crippen LogP contribution in [0.3, 0.4) is 0 Å². The summed E-state index contributed by atoms with van der Waals surface area (Å²) in [5.74, 6) is 4.95. The molecule has 0 spiro atoms. The highest BCUT2D eigenvalue weighted by Crippen LogP contribution is 2.13. The van der Waals surface area contributed by atoms with Crippen molar-refractivity contribution in [3.63, 3.8) is 0 Å². The highest BCUT2D eigenvalue weighted by atomic mass is 15.1. The van der Waals surface area contributed by atoms with Crippen LogP contribution < -0.4 is 11.6 Å². The van der Waals surface area contributed by atoms with Gasteiger partial charge >= 0.3 is 0 Å². The fourth-order valence-corrected chi connectivity index (χ4v) is 1.57. The number of aryl methyl sites for hydroxylation is 2. The van der Waals surface area contributed by atoms with E-state index >= 15 is 0 Å². The first kappa shape index (κ1) is 19.5. The molecule has 118 valence electrons. The molecular formula is C19H27N3. The van der Waals surface area contributed by atoms with Crippen LogP contribution in [0.15, 0.2) is 59.7 Å². The van der Waals surface area contributed by atoms with Gasteiger partial charge in [0.15, 0.2) is 0 Å². The van der Waals surface area contributed by atoms with Crippen LogP contribution in [0.1, 0.15) is 30.5 Å². The molecule has 3 nitrogen and oxygen atoms in total. The van der Waals surface area contributed by atoms with Crippen LogP contribution in [0.5, 0.6) is 0 Å². The molecular weight excluding hydrogens is 270 g/mol. The molecule has 0 fully saturated rings. The van der Waals surface area contributed by atoms with Gasteiger partial charge in [-0.1, -0.05) is 61.9 Å². The van der Waals surface area contributed by atoms with Crippen molar-refractivity contribution in [3.8, 4) is 0 Å². The van der Waals surface area contributed by atoms with Crippen LogP contribution in [0.2, 0.25) is 0 Å². The molecule has 0 atom stereocenters. The van der Waals surface area contributed by atoms with Gasteiger partial charge in [-0.05, 0) is 43.2 Å². The van der Waals surface area contributed by atoms with E-state index in [1.165, 1.54) is 17.3 Å². The monoisotopic (exact) mass is 297 g/mol. The van der Waals surface area contributed by atoms with Crippen molar-refractivity contribution < 1.29 is 0 Å². The minimum atomic E-state index is 0.759. The molecule has 0 unspecified atom stereocenters. The van der Waals surface area contributed by atoms with Gasteiger partial charge in [0, 0.05) is 11.9 Å². The molecule has 0 saturated carbocycles. The molecule has 2 rings (SSSR count). The number of hydrogen-bond donors (Lipinski definition) is 2. The lowest BCUT2D eigenvalue weighted by molar-refractivity contribution is 1.27. The summed E-state index contributed by atoms with van der Waals surface area (Å²) >= 11 is 0. The third-order valence-electron chi connectivity index (χ3n) is 2.69. The maximum absolute atomic E-state index is 5.64. The number of nitrogen functional groups attached to an aromatic ring is 1. The van der Waals surface area contributed by atoms with Crippen molar-refractivity contribution in [1.82, 2.24) is 0 Å². The van der Waals surface area contributed by atoms with Gasteiger partial charge in [0.25, 0.3) is 0 Å². The molecule has 22 heavy (non-hydrogen) atoms. The summed E-state index contributed by atoms with van der Waals surface area (Å²) in [6.45, 7) is 8.11. The summed E-state index contributed by atoms with van der Waals surface area (Å²) in [7, 11) is 0. The quantitative estimate of drug-likeness (QED) is 0.369. The van der Waals surface area contributed by atoms with Crippen LogP contribution in [0.25, 0.3) is 6.08 Å². The Hall–Kier alpha value is -2.55. The third kappa shape index (κ3) is 8.59. The molecule has 2 aromatic carbocycles. The number of rotatable bonds is 2. The smallest absolute Gasteiger partial charge is 0.0465 e. The Morgan fingerprint density at radius 2 is 1.59 bits per heavy atom. The normalized spacial score (nSPS) is 9.82. The topological polar surface area (TPSA) is 64.4 Å². The Bertz CT molecular complexity index is 572. The lowest BCUT2D eigenvalue weighted by Crippen LogP contribution is -1.87. The van der Waals surface area contributed by atoms with Crippen molar-refractivity contribution in [1.29, 1.82) is 0 Å². The molecule has 4 N–H and O–H groups in total. The van der Waals surface area contributed by atoms with Gasteiger partial charge < -0.3 is 11.6 Å². The summed E-state index contributed by atoms with van der Waals surface area (Å²) in [6.07, 6.45) is 5.23. The minimum absolute atomic E-state index is 0.759. The molecule has 0 aliphatic carbocycles. The van der Waals surface area contributed by atoms with E-state index in [1.807, 2.05) is 63.2 Å². The second-order valence-corrected chi connectivity index (χ2v) is 4.43. The zero-order valence-corrected chi connectivity index (χ0v) is 14.0. The van der Waals surface area contributed by atoms with Crippen molar-refractivity contribution in [3.05, 3.63) is 71.3 Å². The summed E-state index contributed by atoms with van der Waals surface area (Å²) in [6, 6.07) is 16.0. The number of hydrazone groups is 1. The standard InChI is InChI=1S/C10H13N3.C7H8.C2H6/c1-8-4-5-10(11)7-9(8)3-2-6-13-12;1-7-5-3-2-4-6-7;1-2/h2-7H,11-12H2,1H3;2-6H,1H3;1-2H3/b3-2+,13-6-;;. The van der Waals surface area contributed by atoms with Gasteiger partial charge in [0.05, 0.1) is 0 Å². The maximum Gasteiger partial charge on any atom is 0.0465 e. The van der Waals surface area contributed by atoms with Crippen molar-refractivity contribution in [2.45, 2.75) is 27.7 Å². The molecule has 0 saturated heterocycles. The predicted molar refractivity (Wildman–Crippen MR) is 99.8 cm³/mol. The van der Waals surface area contributed by atoms with Crippen LogP contribution in [-0.4, -0.2) is 6.21 Å². The number of benzene rings is 2. The second-order valence-electron chi connectivity index (χ2n) is 4.43. The van der Waals surface area contributed by atoms with Crippen molar-refractivity contribution >= 4 is 18.0 Å². The highest BCUT2D eigenvalue weighted by Gasteiger charge is 1.93. The van der Waals surface area contributed by atoms with Gasteiger partial charge in [0.1, 0.15) is 0 Å². The summed E-state index contributed by atoms with van der Waals surface area (Å²) < 4.78 is 0. The molecule has 2 aromatic rings. The molecule has 0 heterocycles. The molecule has 0 aliphatic heterocycles. The van der Waals surface area contributed by atoms with E-state index in [-0.39, 0.29) is 0 Å². The number of nitrogens with zero attached hydrogens (tertiary/aromatic N) is 1. The first-order valence-electron chi connectivity index (χ1n) is 7.41. The fourth-order valence-electron chi connectivity index (χ4n) is 1.57. The zero-order valence-electron chi connectivity index (χ0n) is 14.0. The first-order chi connectivity index (χ1) is 10.6. The second kappa shape index (κ2) is 12.2. The van der Waals surface area contributed by atoms with Crippen LogP contribution in [0, 0.1) is 13.8 Å². The largest absolute Gasteiger partial charge is 0.399 e. The van der Waals surface area contributed by atoms with E-state index in [9.17, 15) is 0 Å². The first-order valence-corrected chi connectivity index (χ1v) is 7.41. The van der Waals surface area contributed by atoms with E-state index in [2.05, 4.69) is 24.2 Å². The molecule has 0 amide bonds. The summed E-state index contributed by atoms with van der Waals surface area (Å²) in [4.78, 5) is 0. The molecule has 0 aliphatic rings. The molecule has 0 bridgehead atoms. The van der Waals surface area contributed by atoms with E-state index in [0.717, 1.165) is 11.3 Å². The maximum atomic E-state index is 5.64. The van der Waals surface area contributed by atoms with E-state index < -0.39 is 0 Å². The number of allylic oxidation sites excluding steroid dienone is 1. The Balaban J connectivity index is 0.000000412. The average Bonchev–Trinajstić information content (AvgIpc) is 2.54. The molecule has 3 heteroatoms. The van der Waals surface area contributed by atoms with Crippen LogP contribution in [0.4, 0.5) is 5.69 Å². The van der Waals surface area contributed by atoms with Gasteiger partial charge in [-0.25, -0.2) is 0 Å². The Morgan fingerprint density at radius 3 is 2.09 bits per heavy atom. The van der Waals surface area contributed by atoms with Crippen molar-refractivity contribution in [2.24, 2.45) is 10.9 Å². The molecule has 0 aromatic heterocycles. The SMILES string of the molecule is CC.Cc1ccc(N)cc1/C=C/C=N\N.Cc1ccccc1. The number of nitrogens with two attached hydrogens (primary N) is 2. The fraction of sp³-hybridized carbons (Fsp3) is 0.211. The van der Waals surface area contributed by atoms with E-state index in [4.69, 9.17) is 11.6 Å². The van der Waals surface area contributed by atoms with Gasteiger partial charge in [-0.2, -0.15) is 5.10 Å². The lowest BCUT2D eigenvalue weighted by atomic mass is 10.1. The van der Waals surface area contributed by atoms with E-state index in [0.29, 0.717) is 0 Å². The van der Waals surface area contributed by atoms with Gasteiger partial charge in [-0.15, -0.1) is 0 Å². The lowest BCUT2D eigenvalue weighted by Gasteiger charge is -2.00. The number of hydrogen-bond acceptors (Lipinski definition) is 3. The number of anilines is 1. The Morgan fingerprint density at radius 1 is 0.955 bits per heavy atom. The van der Waals surface area contributed by atoms with Gasteiger partial charge in [-0.3, -0.25) is 0 Å². The third-order valence-corrected chi connectivity index (χ3v) is 2.69. The Kier molecular flexibility index (Phi) is 10.8. The predicted octanol–water partition coefficient (Wildman–Crippen LogP) is 4.56. The zero-order chi connectivity index (χ0) is 16.8. The average molecular weight is 297 g/mol. The van der Waals surface area contributed by atoms with Crippen LogP contribution in [-0.2, 0) is 0 Å². The Labute approximate surface area is 134 Å². The summed E-state index contributed by atoms with van der Waals surface area (Å²) in [5.41, 5.74) is 9.98. The highest BCUT2D eigenvalue weighted by molar-refractivity contribution is 5.79. The van der Waals surface area contributed by atoms with Gasteiger partial charge in [0.2, 0.25) is 0 Å². The summed E-state index contributed by atoms with van der Waals surface area (Å²) in [5, 5.41) is 3.36. The van der Waals surface area contributed by atoms with Crippen LogP contribution >= 0.6 is 0 Å². The van der Waals surface area contributed by atoms with E-state index in [1.54, 1.807) is 6.08 Å².